The van der Waals surface area contributed by atoms with E-state index in [1.807, 2.05) is 0 Å². The van der Waals surface area contributed by atoms with Crippen LogP contribution in [0.5, 0.6) is 0 Å². The number of halogens is 1. The molecule has 42 heavy (non-hydrogen) atoms. The van der Waals surface area contributed by atoms with Gasteiger partial charge in [0.15, 0.2) is 18.1 Å². The van der Waals surface area contributed by atoms with Gasteiger partial charge in [-0.15, -0.1) is 0 Å². The number of hydrogen-bond donors (Lipinski definition) is 4. The van der Waals surface area contributed by atoms with Gasteiger partial charge in [-0.3, -0.25) is 19.2 Å². The molecule has 0 bridgehead atoms. The van der Waals surface area contributed by atoms with Crippen LogP contribution >= 0.6 is 0 Å². The highest BCUT2D eigenvalue weighted by Crippen LogP contribution is 2.75. The Bertz CT molecular complexity index is 1190. The van der Waals surface area contributed by atoms with Crippen molar-refractivity contribution in [3.05, 3.63) is 23.8 Å². The van der Waals surface area contributed by atoms with Crippen molar-refractivity contribution in [2.45, 2.75) is 96.1 Å². The molecule has 0 radical (unpaired) electrons. The first kappa shape index (κ1) is 32.4. The molecule has 0 aromatic carbocycles. The highest BCUT2D eigenvalue weighted by Gasteiger charge is 2.79. The van der Waals surface area contributed by atoms with Crippen LogP contribution in [0.25, 0.3) is 0 Å². The molecule has 10 nitrogen and oxygen atoms in total. The molecule has 0 aromatic rings. The van der Waals surface area contributed by atoms with Gasteiger partial charge in [0.1, 0.15) is 11.7 Å². The molecule has 3 saturated carbocycles. The Morgan fingerprint density at radius 3 is 2.38 bits per heavy atom. The average molecular weight is 595 g/mol. The number of alkyl halides is 1. The highest BCUT2D eigenvalue weighted by atomic mass is 19.1. The van der Waals surface area contributed by atoms with E-state index in [1.54, 1.807) is 33.8 Å². The maximum absolute atomic E-state index is 17.6. The number of rotatable bonds is 10. The van der Waals surface area contributed by atoms with Crippen molar-refractivity contribution in [1.82, 2.24) is 0 Å². The van der Waals surface area contributed by atoms with Crippen LogP contribution in [0, 0.1) is 28.1 Å². The lowest BCUT2D eigenvalue weighted by molar-refractivity contribution is -0.255. The first-order valence-corrected chi connectivity index (χ1v) is 14.7. The molecule has 4 rings (SSSR count). The minimum absolute atomic E-state index is 0.0499. The van der Waals surface area contributed by atoms with Crippen LogP contribution in [0.4, 0.5) is 4.39 Å². The predicted molar refractivity (Wildman–Crippen MR) is 146 cm³/mol. The van der Waals surface area contributed by atoms with Crippen molar-refractivity contribution in [2.24, 2.45) is 28.1 Å². The molecule has 0 aromatic heterocycles. The SMILES string of the molecule is C[C@@H]1C[C@H]2[C@]3(C)CCC4=CC(=O)C=C[C@]4(C)[C@@]3(F)[C@@H](O)C[C@]2(C)[C@@]1(O)C(=O)COC(=O)CCCC(=O)OC(CO)CO. The van der Waals surface area contributed by atoms with Crippen molar-refractivity contribution in [2.75, 3.05) is 19.8 Å². The Morgan fingerprint density at radius 1 is 1.10 bits per heavy atom. The summed E-state index contributed by atoms with van der Waals surface area (Å²) in [7, 11) is 0. The Hall–Kier alpha value is -2.47. The van der Waals surface area contributed by atoms with E-state index in [-0.39, 0.29) is 31.5 Å². The molecule has 0 saturated heterocycles. The van der Waals surface area contributed by atoms with Crippen molar-refractivity contribution < 1.29 is 53.5 Å². The molecule has 0 amide bonds. The monoisotopic (exact) mass is 594 g/mol. The van der Waals surface area contributed by atoms with Gasteiger partial charge in [0, 0.05) is 29.1 Å². The molecule has 8 atom stereocenters. The zero-order chi connectivity index (χ0) is 31.3. The molecule has 0 unspecified atom stereocenters. The Morgan fingerprint density at radius 2 is 1.74 bits per heavy atom. The highest BCUT2D eigenvalue weighted by molar-refractivity contribution is 6.01. The van der Waals surface area contributed by atoms with Crippen molar-refractivity contribution in [3.63, 3.8) is 0 Å². The number of ketones is 2. The minimum atomic E-state index is -2.15. The summed E-state index contributed by atoms with van der Waals surface area (Å²) in [5.41, 5.74) is -7.08. The molecular weight excluding hydrogens is 551 g/mol. The summed E-state index contributed by atoms with van der Waals surface area (Å²) in [5, 5.41) is 41.6. The third-order valence-corrected chi connectivity index (χ3v) is 11.1. The topological polar surface area (TPSA) is 168 Å². The molecule has 4 aliphatic carbocycles. The van der Waals surface area contributed by atoms with Gasteiger partial charge in [0.25, 0.3) is 0 Å². The summed E-state index contributed by atoms with van der Waals surface area (Å²) < 4.78 is 27.6. The zero-order valence-corrected chi connectivity index (χ0v) is 24.7. The molecule has 0 aliphatic heterocycles. The van der Waals surface area contributed by atoms with Crippen molar-refractivity contribution in [3.8, 4) is 0 Å². The van der Waals surface area contributed by atoms with Crippen LogP contribution in [0.15, 0.2) is 23.8 Å². The van der Waals surface area contributed by atoms with Gasteiger partial charge in [0.05, 0.1) is 19.3 Å². The van der Waals surface area contributed by atoms with Gasteiger partial charge in [-0.2, -0.15) is 0 Å². The van der Waals surface area contributed by atoms with E-state index >= 15 is 4.39 Å². The second kappa shape index (κ2) is 11.2. The Balaban J connectivity index is 1.48. The average Bonchev–Trinajstić information content (AvgIpc) is 3.15. The standard InChI is InChI=1S/C31H43FO10/c1-18-12-22-28(3)10-8-19-13-20(35)9-11-27(19,2)31(28,32)23(36)14-29(22,4)30(18,40)24(37)17-41-25(38)6-5-7-26(39)42-21(15-33)16-34/h9,11,13,18,21-23,33-34,36,40H,5-8,10,12,14-17H2,1-4H3/t18-,22+,23+,27+,28+,29+,30+,31+/m1/s1. The number of carbonyl (C=O) groups is 4. The second-order valence-corrected chi connectivity index (χ2v) is 13.2. The van der Waals surface area contributed by atoms with E-state index in [0.29, 0.717) is 24.8 Å². The predicted octanol–water partition coefficient (Wildman–Crippen LogP) is 1.90. The summed E-state index contributed by atoms with van der Waals surface area (Å²) >= 11 is 0. The summed E-state index contributed by atoms with van der Waals surface area (Å²) in [6, 6.07) is 0. The molecule has 4 aliphatic rings. The van der Waals surface area contributed by atoms with E-state index in [0.717, 1.165) is 0 Å². The molecule has 3 fully saturated rings. The summed E-state index contributed by atoms with van der Waals surface area (Å²) in [6.45, 7) is 5.12. The van der Waals surface area contributed by atoms with E-state index in [9.17, 15) is 29.4 Å². The molecule has 234 valence electrons. The van der Waals surface area contributed by atoms with Crippen LogP contribution in [0.3, 0.4) is 0 Å². The number of fused-ring (bicyclic) bond motifs is 5. The number of ether oxygens (including phenoxy) is 2. The lowest BCUT2D eigenvalue weighted by Crippen LogP contribution is -2.73. The first-order chi connectivity index (χ1) is 19.5. The number of aliphatic hydroxyl groups is 4. The lowest BCUT2D eigenvalue weighted by Gasteiger charge is -2.67. The summed E-state index contributed by atoms with van der Waals surface area (Å²) in [4.78, 5) is 49.8. The van der Waals surface area contributed by atoms with E-state index in [4.69, 9.17) is 19.7 Å². The fourth-order valence-corrected chi connectivity index (χ4v) is 8.83. The number of aliphatic hydroxyl groups excluding tert-OH is 3. The Labute approximate surface area is 245 Å². The lowest BCUT2D eigenvalue weighted by atomic mass is 9.39. The maximum Gasteiger partial charge on any atom is 0.306 e. The fourth-order valence-electron chi connectivity index (χ4n) is 8.83. The molecular formula is C31H43FO10. The van der Waals surface area contributed by atoms with E-state index < -0.39 is 89.1 Å². The fraction of sp³-hybridized carbons (Fsp3) is 0.742. The molecule has 0 heterocycles. The number of Topliss-reactive ketones (excluding diaryl/α,β-unsaturated/α-hetero) is 1. The van der Waals surface area contributed by atoms with Crippen molar-refractivity contribution in [1.29, 1.82) is 0 Å². The van der Waals surface area contributed by atoms with E-state index in [2.05, 4.69) is 0 Å². The largest absolute Gasteiger partial charge is 0.458 e. The summed E-state index contributed by atoms with van der Waals surface area (Å²) in [5.74, 6) is -3.51. The van der Waals surface area contributed by atoms with Gasteiger partial charge in [-0.05, 0) is 63.0 Å². The maximum atomic E-state index is 17.6. The quantitative estimate of drug-likeness (QED) is 0.274. The smallest absolute Gasteiger partial charge is 0.306 e. The molecule has 11 heteroatoms. The van der Waals surface area contributed by atoms with Gasteiger partial charge >= 0.3 is 11.9 Å². The molecule has 0 spiro atoms. The number of hydrogen-bond acceptors (Lipinski definition) is 10. The van der Waals surface area contributed by atoms with Gasteiger partial charge in [0.2, 0.25) is 5.78 Å². The van der Waals surface area contributed by atoms with Crippen molar-refractivity contribution >= 4 is 23.5 Å². The number of esters is 2. The van der Waals surface area contributed by atoms with Gasteiger partial charge < -0.3 is 29.9 Å². The Kier molecular flexibility index (Phi) is 8.67. The van der Waals surface area contributed by atoms with Crippen LogP contribution in [-0.2, 0) is 28.7 Å². The summed E-state index contributed by atoms with van der Waals surface area (Å²) in [6.07, 6.45) is 2.35. The minimum Gasteiger partial charge on any atom is -0.458 e. The van der Waals surface area contributed by atoms with Gasteiger partial charge in [-0.25, -0.2) is 4.39 Å². The van der Waals surface area contributed by atoms with E-state index in [1.165, 1.54) is 12.2 Å². The van der Waals surface area contributed by atoms with Crippen LogP contribution in [0.1, 0.15) is 72.6 Å². The van der Waals surface area contributed by atoms with Crippen LogP contribution < -0.4 is 0 Å². The molecule has 4 N–H and O–H groups in total. The third kappa shape index (κ3) is 4.58. The second-order valence-electron chi connectivity index (χ2n) is 13.2. The normalized spacial score (nSPS) is 40.6. The van der Waals surface area contributed by atoms with Gasteiger partial charge in [-0.1, -0.05) is 32.4 Å². The zero-order valence-electron chi connectivity index (χ0n) is 24.7. The number of carbonyl (C=O) groups excluding carboxylic acids is 4. The third-order valence-electron chi connectivity index (χ3n) is 11.1. The van der Waals surface area contributed by atoms with Crippen LogP contribution in [0.2, 0.25) is 0 Å². The first-order valence-electron chi connectivity index (χ1n) is 14.7. The van der Waals surface area contributed by atoms with Crippen LogP contribution in [-0.4, -0.2) is 87.2 Å². The number of allylic oxidation sites excluding steroid dienone is 4.